The van der Waals surface area contributed by atoms with Crippen molar-refractivity contribution in [2.45, 2.75) is 12.7 Å². The second-order valence-electron chi connectivity index (χ2n) is 3.15. The molecule has 15 heavy (non-hydrogen) atoms. The Morgan fingerprint density at radius 1 is 1.13 bits per heavy atom. The van der Waals surface area contributed by atoms with Crippen molar-refractivity contribution < 1.29 is 8.42 Å². The molecule has 0 bridgehead atoms. The highest BCUT2D eigenvalue weighted by atomic mass is 32.2. The van der Waals surface area contributed by atoms with Gasteiger partial charge in [-0.05, 0) is 12.5 Å². The number of hydrogen-bond acceptors (Lipinski definition) is 2. The third-order valence-electron chi connectivity index (χ3n) is 1.80. The standard InChI is InChI=1S/C12H14O2S/c1-2-3-7-10-15(13,14)11-12-8-5-4-6-9-12/h2-10H,11H2,1H3. The molecule has 2 nitrogen and oxygen atoms in total. The second kappa shape index (κ2) is 5.51. The van der Waals surface area contributed by atoms with Crippen LogP contribution in [0.15, 0.2) is 54.0 Å². The van der Waals surface area contributed by atoms with Crippen LogP contribution in [0.5, 0.6) is 0 Å². The highest BCUT2D eigenvalue weighted by Gasteiger charge is 2.05. The van der Waals surface area contributed by atoms with Crippen LogP contribution in [0.1, 0.15) is 12.5 Å². The van der Waals surface area contributed by atoms with E-state index >= 15 is 0 Å². The molecule has 0 unspecified atom stereocenters. The predicted octanol–water partition coefficient (Wildman–Crippen LogP) is 2.69. The molecule has 0 saturated carbocycles. The molecule has 0 saturated heterocycles. The van der Waals surface area contributed by atoms with Crippen LogP contribution >= 0.6 is 0 Å². The molecule has 0 fully saturated rings. The molecule has 1 aromatic rings. The summed E-state index contributed by atoms with van der Waals surface area (Å²) in [4.78, 5) is 0. The third-order valence-corrected chi connectivity index (χ3v) is 3.11. The predicted molar refractivity (Wildman–Crippen MR) is 63.0 cm³/mol. The first-order valence-corrected chi connectivity index (χ1v) is 6.41. The average molecular weight is 222 g/mol. The van der Waals surface area contributed by atoms with Crippen LogP contribution in [0, 0.1) is 0 Å². The van der Waals surface area contributed by atoms with Crippen LogP contribution in [0.4, 0.5) is 0 Å². The van der Waals surface area contributed by atoms with Gasteiger partial charge in [0.1, 0.15) is 0 Å². The van der Waals surface area contributed by atoms with Crippen LogP contribution in [0.25, 0.3) is 0 Å². The van der Waals surface area contributed by atoms with Gasteiger partial charge in [-0.2, -0.15) is 0 Å². The van der Waals surface area contributed by atoms with Gasteiger partial charge in [-0.15, -0.1) is 0 Å². The molecule has 0 aliphatic rings. The van der Waals surface area contributed by atoms with Gasteiger partial charge >= 0.3 is 0 Å². The van der Waals surface area contributed by atoms with E-state index in [4.69, 9.17) is 0 Å². The maximum absolute atomic E-state index is 11.6. The summed E-state index contributed by atoms with van der Waals surface area (Å²) in [6, 6.07) is 9.15. The van der Waals surface area contributed by atoms with Crippen molar-refractivity contribution >= 4 is 9.84 Å². The Balaban J connectivity index is 2.74. The SMILES string of the molecule is CC=CC=CS(=O)(=O)Cc1ccccc1. The zero-order valence-electron chi connectivity index (χ0n) is 8.63. The fourth-order valence-electron chi connectivity index (χ4n) is 1.13. The van der Waals surface area contributed by atoms with E-state index in [1.165, 1.54) is 11.5 Å². The minimum Gasteiger partial charge on any atom is -0.224 e. The van der Waals surface area contributed by atoms with Crippen molar-refractivity contribution in [3.05, 3.63) is 59.5 Å². The van der Waals surface area contributed by atoms with E-state index in [9.17, 15) is 8.42 Å². The summed E-state index contributed by atoms with van der Waals surface area (Å²) in [6.45, 7) is 1.84. The smallest absolute Gasteiger partial charge is 0.175 e. The zero-order chi connectivity index (χ0) is 11.1. The molecule has 0 spiro atoms. The number of sulfone groups is 1. The Morgan fingerprint density at radius 2 is 1.80 bits per heavy atom. The van der Waals surface area contributed by atoms with Gasteiger partial charge in [-0.3, -0.25) is 0 Å². The van der Waals surface area contributed by atoms with Gasteiger partial charge < -0.3 is 0 Å². The van der Waals surface area contributed by atoms with Crippen molar-refractivity contribution in [1.29, 1.82) is 0 Å². The van der Waals surface area contributed by atoms with E-state index in [1.54, 1.807) is 24.3 Å². The summed E-state index contributed by atoms with van der Waals surface area (Å²) in [5.41, 5.74) is 0.808. The van der Waals surface area contributed by atoms with Crippen LogP contribution in [0.3, 0.4) is 0 Å². The Hall–Kier alpha value is -1.35. The van der Waals surface area contributed by atoms with Crippen molar-refractivity contribution in [1.82, 2.24) is 0 Å². The number of benzene rings is 1. The fraction of sp³-hybridized carbons (Fsp3) is 0.167. The van der Waals surface area contributed by atoms with Gasteiger partial charge in [-0.25, -0.2) is 8.42 Å². The lowest BCUT2D eigenvalue weighted by molar-refractivity contribution is 0.604. The first-order chi connectivity index (χ1) is 7.14. The quantitative estimate of drug-likeness (QED) is 0.734. The fourth-order valence-corrected chi connectivity index (χ4v) is 2.21. The molecule has 80 valence electrons. The summed E-state index contributed by atoms with van der Waals surface area (Å²) in [5, 5.41) is 1.24. The normalized spacial score (nSPS) is 12.6. The van der Waals surface area contributed by atoms with Crippen molar-refractivity contribution in [2.75, 3.05) is 0 Å². The first-order valence-electron chi connectivity index (χ1n) is 4.70. The molecule has 0 N–H and O–H groups in total. The lowest BCUT2D eigenvalue weighted by Crippen LogP contribution is -1.99. The maximum Gasteiger partial charge on any atom is 0.175 e. The molecule has 3 heteroatoms. The molecular weight excluding hydrogens is 208 g/mol. The van der Waals surface area contributed by atoms with Crippen molar-refractivity contribution in [3.63, 3.8) is 0 Å². The monoisotopic (exact) mass is 222 g/mol. The number of rotatable bonds is 4. The Kier molecular flexibility index (Phi) is 4.31. The van der Waals surface area contributed by atoms with Gasteiger partial charge in [0.25, 0.3) is 0 Å². The Bertz CT molecular complexity index is 442. The van der Waals surface area contributed by atoms with Crippen LogP contribution < -0.4 is 0 Å². The second-order valence-corrected chi connectivity index (χ2v) is 5.03. The number of hydrogen-bond donors (Lipinski definition) is 0. The van der Waals surface area contributed by atoms with E-state index in [2.05, 4.69) is 0 Å². The van der Waals surface area contributed by atoms with Crippen LogP contribution in [0.2, 0.25) is 0 Å². The minimum absolute atomic E-state index is 0.0574. The number of allylic oxidation sites excluding steroid dienone is 3. The van der Waals surface area contributed by atoms with E-state index < -0.39 is 9.84 Å². The first kappa shape index (κ1) is 11.7. The molecular formula is C12H14O2S. The van der Waals surface area contributed by atoms with Crippen molar-refractivity contribution in [2.24, 2.45) is 0 Å². The Labute approximate surface area is 90.9 Å². The largest absolute Gasteiger partial charge is 0.224 e. The molecule has 1 aromatic carbocycles. The summed E-state index contributed by atoms with van der Waals surface area (Å²) in [5.74, 6) is 0.0574. The third kappa shape index (κ3) is 4.61. The molecule has 0 heterocycles. The van der Waals surface area contributed by atoms with Gasteiger partial charge in [0.05, 0.1) is 5.75 Å². The molecule has 0 aliphatic carbocycles. The van der Waals surface area contributed by atoms with E-state index in [-0.39, 0.29) is 5.75 Å². The van der Waals surface area contributed by atoms with E-state index in [0.717, 1.165) is 5.56 Å². The van der Waals surface area contributed by atoms with Gasteiger partial charge in [-0.1, -0.05) is 48.6 Å². The Morgan fingerprint density at radius 3 is 2.40 bits per heavy atom. The van der Waals surface area contributed by atoms with E-state index in [1.807, 2.05) is 25.1 Å². The highest BCUT2D eigenvalue weighted by Crippen LogP contribution is 2.06. The highest BCUT2D eigenvalue weighted by molar-refractivity contribution is 7.93. The van der Waals surface area contributed by atoms with Gasteiger partial charge in [0, 0.05) is 5.41 Å². The molecule has 0 radical (unpaired) electrons. The molecule has 0 amide bonds. The zero-order valence-corrected chi connectivity index (χ0v) is 9.44. The summed E-state index contributed by atoms with van der Waals surface area (Å²) in [7, 11) is -3.14. The van der Waals surface area contributed by atoms with Crippen LogP contribution in [-0.2, 0) is 15.6 Å². The van der Waals surface area contributed by atoms with Crippen molar-refractivity contribution in [3.8, 4) is 0 Å². The lowest BCUT2D eigenvalue weighted by atomic mass is 10.2. The summed E-state index contributed by atoms with van der Waals surface area (Å²) < 4.78 is 23.1. The molecule has 0 aliphatic heterocycles. The van der Waals surface area contributed by atoms with Gasteiger partial charge in [0.2, 0.25) is 0 Å². The maximum atomic E-state index is 11.6. The topological polar surface area (TPSA) is 34.1 Å². The molecule has 1 rings (SSSR count). The van der Waals surface area contributed by atoms with E-state index in [0.29, 0.717) is 0 Å². The minimum atomic E-state index is -3.14. The van der Waals surface area contributed by atoms with Gasteiger partial charge in [0.15, 0.2) is 9.84 Å². The van der Waals surface area contributed by atoms with Crippen LogP contribution in [-0.4, -0.2) is 8.42 Å². The summed E-state index contributed by atoms with van der Waals surface area (Å²) in [6.07, 6.45) is 5.02. The summed E-state index contributed by atoms with van der Waals surface area (Å²) >= 11 is 0. The molecule has 0 aromatic heterocycles. The average Bonchev–Trinajstić information content (AvgIpc) is 2.18. The lowest BCUT2D eigenvalue weighted by Gasteiger charge is -1.98. The molecule has 0 atom stereocenters.